The highest BCUT2D eigenvalue weighted by Crippen LogP contribution is 2.14. The Hall–Kier alpha value is -1.21. The van der Waals surface area contributed by atoms with Gasteiger partial charge in [0.05, 0.1) is 16.1 Å². The number of hydrogen-bond acceptors (Lipinski definition) is 5. The summed E-state index contributed by atoms with van der Waals surface area (Å²) in [7, 11) is 1.47. The van der Waals surface area contributed by atoms with Crippen LogP contribution in [-0.2, 0) is 23.9 Å². The van der Waals surface area contributed by atoms with E-state index in [0.717, 1.165) is 3.93 Å². The Morgan fingerprint density at radius 3 is 2.06 bits per heavy atom. The third-order valence-electron chi connectivity index (χ3n) is 1.94. The molecular formula is C11H16BrNO5. The van der Waals surface area contributed by atoms with Crippen LogP contribution < -0.4 is 0 Å². The molecule has 18 heavy (non-hydrogen) atoms. The van der Waals surface area contributed by atoms with Crippen molar-refractivity contribution in [2.75, 3.05) is 7.11 Å². The molecule has 1 unspecified atom stereocenters. The minimum atomic E-state index is -0.496. The first kappa shape index (κ1) is 16.8. The zero-order valence-electron chi connectivity index (χ0n) is 10.6. The van der Waals surface area contributed by atoms with Crippen LogP contribution in [0.15, 0.2) is 12.2 Å². The van der Waals surface area contributed by atoms with E-state index in [2.05, 4.69) is 27.5 Å². The SMILES string of the molecule is C=C(C)C(=O)OC(C)OC.O=C1CCC(=O)N1Br. The lowest BCUT2D eigenvalue weighted by atomic mass is 10.4. The predicted octanol–water partition coefficient (Wildman–Crippen LogP) is 1.54. The summed E-state index contributed by atoms with van der Waals surface area (Å²) in [6, 6.07) is 0. The van der Waals surface area contributed by atoms with E-state index in [-0.39, 0.29) is 11.8 Å². The van der Waals surface area contributed by atoms with Gasteiger partial charge in [0, 0.05) is 25.5 Å². The van der Waals surface area contributed by atoms with Gasteiger partial charge in [-0.05, 0) is 13.8 Å². The monoisotopic (exact) mass is 321 g/mol. The van der Waals surface area contributed by atoms with Gasteiger partial charge in [-0.15, -0.1) is 0 Å². The van der Waals surface area contributed by atoms with Gasteiger partial charge in [0.15, 0.2) is 6.29 Å². The van der Waals surface area contributed by atoms with Crippen molar-refractivity contribution in [2.24, 2.45) is 0 Å². The second-order valence-electron chi connectivity index (χ2n) is 3.56. The van der Waals surface area contributed by atoms with Gasteiger partial charge >= 0.3 is 5.97 Å². The van der Waals surface area contributed by atoms with Crippen molar-refractivity contribution in [1.29, 1.82) is 0 Å². The summed E-state index contributed by atoms with van der Waals surface area (Å²) in [6.45, 7) is 6.64. The minimum Gasteiger partial charge on any atom is -0.433 e. The van der Waals surface area contributed by atoms with Crippen LogP contribution >= 0.6 is 16.1 Å². The molecule has 6 nitrogen and oxygen atoms in total. The van der Waals surface area contributed by atoms with Crippen LogP contribution in [0.2, 0.25) is 0 Å². The average Bonchev–Trinajstić information content (AvgIpc) is 2.61. The highest BCUT2D eigenvalue weighted by atomic mass is 79.9. The number of methoxy groups -OCH3 is 1. The Balaban J connectivity index is 0.000000327. The van der Waals surface area contributed by atoms with Gasteiger partial charge in [0.1, 0.15) is 0 Å². The number of carbonyl (C=O) groups is 3. The number of ether oxygens (including phenoxy) is 2. The van der Waals surface area contributed by atoms with Crippen molar-refractivity contribution in [3.05, 3.63) is 12.2 Å². The number of rotatable bonds is 3. The molecule has 1 rings (SSSR count). The predicted molar refractivity (Wildman–Crippen MR) is 67.4 cm³/mol. The number of esters is 1. The largest absolute Gasteiger partial charge is 0.433 e. The summed E-state index contributed by atoms with van der Waals surface area (Å²) < 4.78 is 10.4. The fraction of sp³-hybridized carbons (Fsp3) is 0.545. The molecule has 0 radical (unpaired) electrons. The van der Waals surface area contributed by atoms with E-state index in [0.29, 0.717) is 18.4 Å². The number of imide groups is 1. The Morgan fingerprint density at radius 2 is 1.83 bits per heavy atom. The Bertz CT molecular complexity index is 339. The fourth-order valence-electron chi connectivity index (χ4n) is 0.849. The second-order valence-corrected chi connectivity index (χ2v) is 4.27. The number of nitrogens with zero attached hydrogens (tertiary/aromatic N) is 1. The lowest BCUT2D eigenvalue weighted by Gasteiger charge is -2.09. The van der Waals surface area contributed by atoms with Crippen molar-refractivity contribution >= 4 is 33.9 Å². The van der Waals surface area contributed by atoms with Gasteiger partial charge in [-0.25, -0.2) is 8.72 Å². The standard InChI is InChI=1S/C7H12O3.C4H4BrNO2/c1-5(2)7(8)10-6(3)9-4;5-6-3(7)1-2-4(6)8/h6H,1H2,2-4H3;1-2H2. The number of halogens is 1. The van der Waals surface area contributed by atoms with Crippen molar-refractivity contribution in [1.82, 2.24) is 3.93 Å². The van der Waals surface area contributed by atoms with Crippen LogP contribution in [0, 0.1) is 0 Å². The maximum absolute atomic E-state index is 10.7. The maximum atomic E-state index is 10.7. The molecule has 0 N–H and O–H groups in total. The fourth-order valence-corrected chi connectivity index (χ4v) is 1.20. The molecule has 1 aliphatic heterocycles. The first-order chi connectivity index (χ1) is 8.29. The zero-order valence-corrected chi connectivity index (χ0v) is 12.2. The van der Waals surface area contributed by atoms with Crippen molar-refractivity contribution in [3.63, 3.8) is 0 Å². The Labute approximate surface area is 114 Å². The number of carbonyl (C=O) groups excluding carboxylic acids is 3. The lowest BCUT2D eigenvalue weighted by Crippen LogP contribution is -2.16. The molecule has 0 saturated carbocycles. The van der Waals surface area contributed by atoms with Gasteiger partial charge in [0.25, 0.3) is 0 Å². The Kier molecular flexibility index (Phi) is 7.45. The topological polar surface area (TPSA) is 72.9 Å². The minimum absolute atomic E-state index is 0.144. The van der Waals surface area contributed by atoms with Crippen molar-refractivity contribution in [2.45, 2.75) is 33.0 Å². The first-order valence-corrected chi connectivity index (χ1v) is 5.91. The normalized spacial score (nSPS) is 15.9. The van der Waals surface area contributed by atoms with E-state index in [1.165, 1.54) is 7.11 Å². The summed E-state index contributed by atoms with van der Waals surface area (Å²) in [4.78, 5) is 31.6. The van der Waals surface area contributed by atoms with Gasteiger partial charge in [0.2, 0.25) is 11.8 Å². The van der Waals surface area contributed by atoms with E-state index in [1.54, 1.807) is 13.8 Å². The molecule has 0 aromatic heterocycles. The first-order valence-electron chi connectivity index (χ1n) is 5.20. The second kappa shape index (κ2) is 7.99. The molecule has 1 heterocycles. The van der Waals surface area contributed by atoms with Crippen molar-refractivity contribution in [3.8, 4) is 0 Å². The van der Waals surface area contributed by atoms with Gasteiger partial charge in [-0.2, -0.15) is 0 Å². The van der Waals surface area contributed by atoms with Crippen LogP contribution in [-0.4, -0.2) is 35.1 Å². The summed E-state index contributed by atoms with van der Waals surface area (Å²) in [6.07, 6.45) is 0.206. The lowest BCUT2D eigenvalue weighted by molar-refractivity contribution is -0.164. The third-order valence-corrected chi connectivity index (χ3v) is 2.74. The molecule has 0 bridgehead atoms. The van der Waals surface area contributed by atoms with Crippen LogP contribution in [0.25, 0.3) is 0 Å². The molecule has 1 aliphatic rings. The van der Waals surface area contributed by atoms with Gasteiger partial charge in [-0.3, -0.25) is 9.59 Å². The molecule has 1 saturated heterocycles. The smallest absolute Gasteiger partial charge is 0.335 e. The van der Waals surface area contributed by atoms with Gasteiger partial charge < -0.3 is 9.47 Å². The molecule has 2 amide bonds. The van der Waals surface area contributed by atoms with E-state index in [1.807, 2.05) is 0 Å². The number of amides is 2. The quantitative estimate of drug-likeness (QED) is 0.259. The van der Waals surface area contributed by atoms with E-state index in [4.69, 9.17) is 4.74 Å². The molecule has 0 spiro atoms. The summed E-state index contributed by atoms with van der Waals surface area (Å²) in [5.41, 5.74) is 0.379. The highest BCUT2D eigenvalue weighted by Gasteiger charge is 2.26. The van der Waals surface area contributed by atoms with Gasteiger partial charge in [-0.1, -0.05) is 6.58 Å². The van der Waals surface area contributed by atoms with Crippen LogP contribution in [0.1, 0.15) is 26.7 Å². The third kappa shape index (κ3) is 5.92. The molecule has 0 aromatic carbocycles. The Morgan fingerprint density at radius 1 is 1.39 bits per heavy atom. The highest BCUT2D eigenvalue weighted by molar-refractivity contribution is 9.08. The molecule has 0 aromatic rings. The molecule has 1 atom stereocenters. The van der Waals surface area contributed by atoms with Crippen molar-refractivity contribution < 1.29 is 23.9 Å². The zero-order chi connectivity index (χ0) is 14.3. The van der Waals surface area contributed by atoms with E-state index >= 15 is 0 Å². The van der Waals surface area contributed by atoms with Crippen LogP contribution in [0.4, 0.5) is 0 Å². The molecular weight excluding hydrogens is 306 g/mol. The maximum Gasteiger partial charge on any atom is 0.335 e. The van der Waals surface area contributed by atoms with Crippen LogP contribution in [0.5, 0.6) is 0 Å². The summed E-state index contributed by atoms with van der Waals surface area (Å²) >= 11 is 2.80. The van der Waals surface area contributed by atoms with E-state index in [9.17, 15) is 14.4 Å². The summed E-state index contributed by atoms with van der Waals surface area (Å²) in [5, 5.41) is 0. The molecule has 7 heteroatoms. The summed E-state index contributed by atoms with van der Waals surface area (Å²) in [5.74, 6) is -0.709. The number of hydrogen-bond donors (Lipinski definition) is 0. The molecule has 1 fully saturated rings. The van der Waals surface area contributed by atoms with Crippen LogP contribution in [0.3, 0.4) is 0 Å². The average molecular weight is 322 g/mol. The molecule has 0 aliphatic carbocycles. The van der Waals surface area contributed by atoms with E-state index < -0.39 is 12.3 Å². The molecule has 102 valence electrons.